The smallest absolute Gasteiger partial charge is 0.333 e. The van der Waals surface area contributed by atoms with Gasteiger partial charge < -0.3 is 4.74 Å². The van der Waals surface area contributed by atoms with Crippen molar-refractivity contribution in [1.82, 2.24) is 14.7 Å². The van der Waals surface area contributed by atoms with Crippen LogP contribution < -0.4 is 0 Å². The molecule has 3 rings (SSSR count). The Morgan fingerprint density at radius 2 is 1.81 bits per heavy atom. The van der Waals surface area contributed by atoms with Crippen LogP contribution in [-0.4, -0.2) is 108 Å². The molecular weight excluding hydrogens is 350 g/mol. The van der Waals surface area contributed by atoms with Crippen LogP contribution in [0.3, 0.4) is 0 Å². The van der Waals surface area contributed by atoms with Gasteiger partial charge >= 0.3 is 11.9 Å². The van der Waals surface area contributed by atoms with Gasteiger partial charge in [-0.25, -0.2) is 9.37 Å². The second-order valence-corrected chi connectivity index (χ2v) is 8.22. The maximum Gasteiger partial charge on any atom is 0.333 e. The van der Waals surface area contributed by atoms with Crippen LogP contribution in [0.1, 0.15) is 20.8 Å². The van der Waals surface area contributed by atoms with Crippen molar-refractivity contribution >= 4 is 29.4 Å². The number of ketones is 1. The predicted molar refractivity (Wildman–Crippen MR) is 99.0 cm³/mol. The maximum absolute atomic E-state index is 12.8. The van der Waals surface area contributed by atoms with Gasteiger partial charge in [0.25, 0.3) is 17.8 Å². The first-order chi connectivity index (χ1) is 12.6. The number of likely N-dealkylation sites (N-methyl/N-ethyl adjacent to an activating group) is 2. The van der Waals surface area contributed by atoms with Crippen LogP contribution in [0, 0.1) is 5.41 Å². The summed E-state index contributed by atoms with van der Waals surface area (Å²) < 4.78 is 7.15. The monoisotopic (exact) mass is 378 g/mol. The van der Waals surface area contributed by atoms with Crippen LogP contribution in [0.5, 0.6) is 0 Å². The highest BCUT2D eigenvalue weighted by atomic mass is 16.5. The average Bonchev–Trinajstić information content (AvgIpc) is 2.96. The molecule has 9 heteroatoms. The van der Waals surface area contributed by atoms with E-state index in [4.69, 9.17) is 4.74 Å². The van der Waals surface area contributed by atoms with Gasteiger partial charge in [0.05, 0.1) is 13.2 Å². The van der Waals surface area contributed by atoms with Crippen LogP contribution in [0.25, 0.3) is 0 Å². The first-order valence-electron chi connectivity index (χ1n) is 9.21. The van der Waals surface area contributed by atoms with Gasteiger partial charge in [-0.15, -0.1) is 0 Å². The van der Waals surface area contributed by atoms with E-state index in [0.717, 1.165) is 18.0 Å². The molecule has 0 radical (unpaired) electrons. The number of fused-ring (bicyclic) bond motifs is 1. The molecule has 0 saturated carbocycles. The highest BCUT2D eigenvalue weighted by molar-refractivity contribution is 6.23. The molecule has 0 N–H and O–H groups in total. The quantitative estimate of drug-likeness (QED) is 0.624. The summed E-state index contributed by atoms with van der Waals surface area (Å²) in [5.74, 6) is 0.717. The average molecular weight is 378 g/mol. The molecule has 3 aliphatic heterocycles. The van der Waals surface area contributed by atoms with Crippen LogP contribution in [0.15, 0.2) is 4.99 Å². The van der Waals surface area contributed by atoms with Gasteiger partial charge in [0.1, 0.15) is 13.1 Å². The lowest BCUT2D eigenvalue weighted by Crippen LogP contribution is -2.62. The summed E-state index contributed by atoms with van der Waals surface area (Å²) in [6.07, 6.45) is 0. The fourth-order valence-electron chi connectivity index (χ4n) is 3.31. The molecule has 148 valence electrons. The molecule has 0 aliphatic carbocycles. The number of carbonyl (C=O) groups excluding carboxylic acids is 3. The Morgan fingerprint density at radius 1 is 1.19 bits per heavy atom. The zero-order valence-corrected chi connectivity index (χ0v) is 16.7. The van der Waals surface area contributed by atoms with E-state index in [1.165, 1.54) is 11.9 Å². The molecule has 0 aromatic heterocycles. The lowest BCUT2D eigenvalue weighted by atomic mass is 9.90. The molecule has 0 aromatic rings. The van der Waals surface area contributed by atoms with E-state index in [1.807, 2.05) is 20.8 Å². The molecule has 0 aromatic carbocycles. The van der Waals surface area contributed by atoms with Gasteiger partial charge in [0.15, 0.2) is 5.78 Å². The summed E-state index contributed by atoms with van der Waals surface area (Å²) in [7, 11) is 3.07. The predicted octanol–water partition coefficient (Wildman–Crippen LogP) is -0.351. The Morgan fingerprint density at radius 3 is 2.41 bits per heavy atom. The minimum Gasteiger partial charge on any atom is -0.379 e. The third-order valence-electron chi connectivity index (χ3n) is 5.23. The number of aliphatic imine (C=N–C) groups is 1. The molecule has 3 aliphatic rings. The molecule has 0 spiro atoms. The number of amidine groups is 2. The van der Waals surface area contributed by atoms with Crippen molar-refractivity contribution in [2.75, 3.05) is 53.5 Å². The van der Waals surface area contributed by atoms with Gasteiger partial charge in [0, 0.05) is 32.6 Å². The first-order valence-corrected chi connectivity index (χ1v) is 9.21. The van der Waals surface area contributed by atoms with Gasteiger partial charge in [-0.1, -0.05) is 20.8 Å². The van der Waals surface area contributed by atoms with Gasteiger partial charge in [-0.05, 0) is 4.99 Å². The van der Waals surface area contributed by atoms with Gasteiger partial charge in [-0.2, -0.15) is 0 Å². The molecule has 2 fully saturated rings. The molecule has 27 heavy (non-hydrogen) atoms. The molecule has 3 heterocycles. The molecule has 1 unspecified atom stereocenters. The number of hydrogen-bond donors (Lipinski definition) is 0. The number of amides is 3. The summed E-state index contributed by atoms with van der Waals surface area (Å²) >= 11 is 0. The highest BCUT2D eigenvalue weighted by Crippen LogP contribution is 2.22. The lowest BCUT2D eigenvalue weighted by molar-refractivity contribution is -0.525. The normalized spacial score (nSPS) is 24.5. The fraction of sp³-hybridized carbons (Fsp3) is 0.722. The van der Waals surface area contributed by atoms with Crippen molar-refractivity contribution in [3.63, 3.8) is 0 Å². The van der Waals surface area contributed by atoms with Crippen molar-refractivity contribution in [3.05, 3.63) is 0 Å². The second-order valence-electron chi connectivity index (χ2n) is 8.22. The molecule has 0 bridgehead atoms. The van der Waals surface area contributed by atoms with E-state index < -0.39 is 17.5 Å². The Labute approximate surface area is 159 Å². The van der Waals surface area contributed by atoms with E-state index in [-0.39, 0.29) is 18.2 Å². The van der Waals surface area contributed by atoms with Gasteiger partial charge in [0.2, 0.25) is 0 Å². The topological polar surface area (TPSA) is 85.5 Å². The second kappa shape index (κ2) is 7.12. The van der Waals surface area contributed by atoms with Crippen molar-refractivity contribution < 1.29 is 23.7 Å². The Hall–Kier alpha value is -2.13. The molecule has 3 amide bonds. The molecule has 9 nitrogen and oxygen atoms in total. The number of ether oxygens (including phenoxy) is 1. The van der Waals surface area contributed by atoms with E-state index in [9.17, 15) is 14.4 Å². The minimum atomic E-state index is -0.736. The zero-order chi connectivity index (χ0) is 19.9. The number of imide groups is 1. The number of urea groups is 1. The molecule has 2 saturated heterocycles. The number of carbonyl (C=O) groups is 3. The van der Waals surface area contributed by atoms with E-state index >= 15 is 0 Å². The number of nitrogens with zero attached hydrogens (tertiary/aromatic N) is 5. The summed E-state index contributed by atoms with van der Waals surface area (Å²) in [6, 6.07) is -1.15. The van der Waals surface area contributed by atoms with E-state index in [0.29, 0.717) is 31.4 Å². The fourth-order valence-corrected chi connectivity index (χ4v) is 3.31. The maximum atomic E-state index is 12.8. The molecule has 1 atom stereocenters. The third-order valence-corrected chi connectivity index (χ3v) is 5.23. The van der Waals surface area contributed by atoms with Gasteiger partial charge in [-0.3, -0.25) is 24.3 Å². The minimum absolute atomic E-state index is 0.0217. The van der Waals surface area contributed by atoms with Crippen molar-refractivity contribution in [3.8, 4) is 0 Å². The van der Waals surface area contributed by atoms with Crippen molar-refractivity contribution in [2.45, 2.75) is 26.8 Å². The Bertz CT molecular complexity index is 731. The highest BCUT2D eigenvalue weighted by Gasteiger charge is 2.53. The standard InChI is InChI=1S/C18H28N5O4/c1-18(2,3)12(24)10-23-13(11-22-6-8-27-9-7-22)19-15-14(23)16(25)21(5)17(26)20(15)4/h14H,6-11H2,1-5H3/q+1. The number of morpholine rings is 1. The summed E-state index contributed by atoms with van der Waals surface area (Å²) in [6.45, 7) is 9.01. The SMILES string of the molecule is CN1C(=O)C2C(=NC(CN3CCOCC3)=[N+]2CC(=O)C(C)(C)C)N(C)C1=O. The Kier molecular flexibility index (Phi) is 5.18. The number of Topliss-reactive ketones (excluding diaryl/α,β-unsaturated/α-hetero) is 1. The summed E-state index contributed by atoms with van der Waals surface area (Å²) in [5.41, 5.74) is -0.530. The largest absolute Gasteiger partial charge is 0.379 e. The number of hydrogen-bond acceptors (Lipinski definition) is 6. The van der Waals surface area contributed by atoms with Crippen LogP contribution in [0.2, 0.25) is 0 Å². The molecular formula is C18H28N5O4+. The summed E-state index contributed by atoms with van der Waals surface area (Å²) in [4.78, 5) is 47.1. The van der Waals surface area contributed by atoms with Crippen molar-refractivity contribution in [2.24, 2.45) is 10.4 Å². The Balaban J connectivity index is 1.96. The third kappa shape index (κ3) is 3.66. The van der Waals surface area contributed by atoms with Crippen LogP contribution >= 0.6 is 0 Å². The number of rotatable bonds is 4. The first kappa shape index (κ1) is 19.6. The summed E-state index contributed by atoms with van der Waals surface area (Å²) in [5, 5.41) is 0. The lowest BCUT2D eigenvalue weighted by Gasteiger charge is -2.31. The van der Waals surface area contributed by atoms with E-state index in [1.54, 1.807) is 11.6 Å². The van der Waals surface area contributed by atoms with E-state index in [2.05, 4.69) is 9.89 Å². The van der Waals surface area contributed by atoms with Crippen LogP contribution in [-0.2, 0) is 14.3 Å². The zero-order valence-electron chi connectivity index (χ0n) is 16.7. The van der Waals surface area contributed by atoms with Crippen molar-refractivity contribution in [1.29, 1.82) is 0 Å². The van der Waals surface area contributed by atoms with Crippen LogP contribution in [0.4, 0.5) is 4.79 Å².